The first-order chi connectivity index (χ1) is 7.84. The van der Waals surface area contributed by atoms with Gasteiger partial charge in [-0.2, -0.15) is 18.4 Å². The maximum atomic E-state index is 12.6. The Morgan fingerprint density at radius 1 is 1.47 bits per heavy atom. The fraction of sp³-hybridized carbons (Fsp3) is 0.250. The summed E-state index contributed by atoms with van der Waals surface area (Å²) in [4.78, 5) is 0. The second-order valence-corrected chi connectivity index (χ2v) is 3.56. The Labute approximate surface area is 96.9 Å². The van der Waals surface area contributed by atoms with E-state index in [4.69, 9.17) is 10.00 Å². The van der Waals surface area contributed by atoms with Crippen LogP contribution in [0.1, 0.15) is 18.1 Å². The van der Waals surface area contributed by atoms with Crippen LogP contribution in [0.4, 0.5) is 13.2 Å². The molecule has 0 saturated carbocycles. The molecule has 0 heterocycles. The van der Waals surface area contributed by atoms with E-state index < -0.39 is 17.3 Å². The third-order valence-corrected chi connectivity index (χ3v) is 1.90. The van der Waals surface area contributed by atoms with Gasteiger partial charge in [0.25, 0.3) is 0 Å². The van der Waals surface area contributed by atoms with Crippen molar-refractivity contribution in [1.82, 2.24) is 0 Å². The van der Waals surface area contributed by atoms with Crippen LogP contribution in [0.25, 0.3) is 0 Å². The molecule has 1 rings (SSSR count). The first-order valence-electron chi connectivity index (χ1n) is 4.73. The highest BCUT2D eigenvalue weighted by Crippen LogP contribution is 2.34. The zero-order valence-corrected chi connectivity index (χ0v) is 9.14. The first kappa shape index (κ1) is 13.1. The number of hydrogen-bond donors (Lipinski definition) is 0. The molecule has 0 amide bonds. The van der Waals surface area contributed by atoms with Gasteiger partial charge in [0.15, 0.2) is 0 Å². The summed E-state index contributed by atoms with van der Waals surface area (Å²) in [6, 6.07) is 4.75. The molecular formula is C12H10F3NO. The molecule has 0 saturated heterocycles. The summed E-state index contributed by atoms with van der Waals surface area (Å²) in [6.45, 7) is 5.42. The van der Waals surface area contributed by atoms with Gasteiger partial charge in [-0.3, -0.25) is 0 Å². The van der Waals surface area contributed by atoms with Crippen molar-refractivity contribution in [2.45, 2.75) is 13.1 Å². The second-order valence-electron chi connectivity index (χ2n) is 3.56. The molecule has 0 N–H and O–H groups in total. The van der Waals surface area contributed by atoms with E-state index in [2.05, 4.69) is 6.58 Å². The molecule has 0 bridgehead atoms. The van der Waals surface area contributed by atoms with Crippen LogP contribution in [-0.2, 0) is 6.18 Å². The minimum atomic E-state index is -4.56. The van der Waals surface area contributed by atoms with Crippen molar-refractivity contribution in [3.05, 3.63) is 41.5 Å². The number of nitriles is 1. The smallest absolute Gasteiger partial charge is 0.417 e. The lowest BCUT2D eigenvalue weighted by Crippen LogP contribution is -2.08. The van der Waals surface area contributed by atoms with Gasteiger partial charge in [0, 0.05) is 0 Å². The topological polar surface area (TPSA) is 33.0 Å². The van der Waals surface area contributed by atoms with Crippen LogP contribution < -0.4 is 4.74 Å². The van der Waals surface area contributed by atoms with Crippen molar-refractivity contribution in [1.29, 1.82) is 5.26 Å². The van der Waals surface area contributed by atoms with E-state index >= 15 is 0 Å². The molecule has 0 atom stereocenters. The standard InChI is InChI=1S/C12H10F3NO/c1-8(2)7-17-10-4-3-9(6-16)11(5-10)12(13,14)15/h3-5H,1,7H2,2H3. The van der Waals surface area contributed by atoms with Gasteiger partial charge in [-0.1, -0.05) is 6.58 Å². The summed E-state index contributed by atoms with van der Waals surface area (Å²) < 4.78 is 42.9. The number of alkyl halides is 3. The summed E-state index contributed by atoms with van der Waals surface area (Å²) in [6.07, 6.45) is -4.56. The molecule has 0 aliphatic heterocycles. The van der Waals surface area contributed by atoms with E-state index in [9.17, 15) is 13.2 Å². The van der Waals surface area contributed by atoms with Gasteiger partial charge in [0.2, 0.25) is 0 Å². The summed E-state index contributed by atoms with van der Waals surface area (Å²) in [5.74, 6) is 0.0688. The molecule has 0 fully saturated rings. The van der Waals surface area contributed by atoms with Crippen molar-refractivity contribution >= 4 is 0 Å². The Hall–Kier alpha value is -1.96. The van der Waals surface area contributed by atoms with Crippen LogP contribution in [0.15, 0.2) is 30.4 Å². The average Bonchev–Trinajstić information content (AvgIpc) is 2.24. The Bertz CT molecular complexity index is 472. The molecule has 0 aliphatic rings. The van der Waals surface area contributed by atoms with E-state index in [1.807, 2.05) is 0 Å². The quantitative estimate of drug-likeness (QED) is 0.758. The van der Waals surface area contributed by atoms with Gasteiger partial charge >= 0.3 is 6.18 Å². The van der Waals surface area contributed by atoms with E-state index in [-0.39, 0.29) is 12.4 Å². The van der Waals surface area contributed by atoms with Crippen molar-refractivity contribution < 1.29 is 17.9 Å². The van der Waals surface area contributed by atoms with Crippen molar-refractivity contribution in [3.8, 4) is 11.8 Å². The maximum absolute atomic E-state index is 12.6. The summed E-state index contributed by atoms with van der Waals surface area (Å²) in [7, 11) is 0. The Morgan fingerprint density at radius 3 is 2.59 bits per heavy atom. The molecule has 5 heteroatoms. The number of ether oxygens (including phenoxy) is 1. The van der Waals surface area contributed by atoms with Crippen molar-refractivity contribution in [3.63, 3.8) is 0 Å². The van der Waals surface area contributed by atoms with Crippen LogP contribution in [-0.4, -0.2) is 6.61 Å². The third kappa shape index (κ3) is 3.52. The molecular weight excluding hydrogens is 231 g/mol. The van der Waals surface area contributed by atoms with Gasteiger partial charge < -0.3 is 4.74 Å². The average molecular weight is 241 g/mol. The highest BCUT2D eigenvalue weighted by atomic mass is 19.4. The lowest BCUT2D eigenvalue weighted by molar-refractivity contribution is -0.137. The summed E-state index contributed by atoms with van der Waals surface area (Å²) >= 11 is 0. The first-order valence-corrected chi connectivity index (χ1v) is 4.73. The minimum absolute atomic E-state index is 0.0688. The van der Waals surface area contributed by atoms with E-state index in [1.165, 1.54) is 12.1 Å². The lowest BCUT2D eigenvalue weighted by atomic mass is 10.1. The van der Waals surface area contributed by atoms with Gasteiger partial charge in [-0.05, 0) is 30.7 Å². The molecule has 2 nitrogen and oxygen atoms in total. The molecule has 1 aromatic rings. The zero-order valence-electron chi connectivity index (χ0n) is 9.14. The van der Waals surface area contributed by atoms with Crippen LogP contribution >= 0.6 is 0 Å². The number of rotatable bonds is 3. The predicted octanol–water partition coefficient (Wildman–Crippen LogP) is 3.53. The molecule has 0 radical (unpaired) electrons. The Balaban J connectivity index is 3.06. The minimum Gasteiger partial charge on any atom is -0.489 e. The van der Waals surface area contributed by atoms with Crippen molar-refractivity contribution in [2.75, 3.05) is 6.61 Å². The maximum Gasteiger partial charge on any atom is 0.417 e. The predicted molar refractivity (Wildman–Crippen MR) is 56.5 cm³/mol. The number of halogens is 3. The third-order valence-electron chi connectivity index (χ3n) is 1.90. The largest absolute Gasteiger partial charge is 0.489 e. The fourth-order valence-electron chi connectivity index (χ4n) is 1.15. The van der Waals surface area contributed by atoms with Crippen LogP contribution in [0.5, 0.6) is 5.75 Å². The molecule has 90 valence electrons. The SMILES string of the molecule is C=C(C)COc1ccc(C#N)c(C(F)(F)F)c1. The second kappa shape index (κ2) is 4.91. The molecule has 0 aliphatic carbocycles. The summed E-state index contributed by atoms with van der Waals surface area (Å²) in [5, 5.41) is 8.59. The summed E-state index contributed by atoms with van der Waals surface area (Å²) in [5.41, 5.74) is -0.706. The molecule has 17 heavy (non-hydrogen) atoms. The molecule has 1 aromatic carbocycles. The zero-order chi connectivity index (χ0) is 13.1. The van der Waals surface area contributed by atoms with E-state index in [1.54, 1.807) is 6.92 Å². The fourth-order valence-corrected chi connectivity index (χ4v) is 1.15. The molecule has 0 spiro atoms. The van der Waals surface area contributed by atoms with Gasteiger partial charge in [0.05, 0.1) is 17.2 Å². The molecule has 0 unspecified atom stereocenters. The monoisotopic (exact) mass is 241 g/mol. The van der Waals surface area contributed by atoms with Gasteiger partial charge in [-0.25, -0.2) is 0 Å². The van der Waals surface area contributed by atoms with E-state index in [0.29, 0.717) is 5.57 Å². The number of nitrogens with zero attached hydrogens (tertiary/aromatic N) is 1. The Kier molecular flexibility index (Phi) is 3.79. The normalized spacial score (nSPS) is 10.8. The van der Waals surface area contributed by atoms with Crippen LogP contribution in [0.2, 0.25) is 0 Å². The number of benzene rings is 1. The van der Waals surface area contributed by atoms with Gasteiger partial charge in [-0.15, -0.1) is 0 Å². The molecule has 0 aromatic heterocycles. The highest BCUT2D eigenvalue weighted by molar-refractivity contribution is 5.44. The number of hydrogen-bond acceptors (Lipinski definition) is 2. The van der Waals surface area contributed by atoms with Crippen LogP contribution in [0, 0.1) is 11.3 Å². The van der Waals surface area contributed by atoms with E-state index in [0.717, 1.165) is 12.1 Å². The van der Waals surface area contributed by atoms with Crippen LogP contribution in [0.3, 0.4) is 0 Å². The highest BCUT2D eigenvalue weighted by Gasteiger charge is 2.34. The lowest BCUT2D eigenvalue weighted by Gasteiger charge is -2.11. The van der Waals surface area contributed by atoms with Gasteiger partial charge in [0.1, 0.15) is 12.4 Å². The van der Waals surface area contributed by atoms with Crippen molar-refractivity contribution in [2.24, 2.45) is 0 Å². The Morgan fingerprint density at radius 2 is 2.12 bits per heavy atom.